The van der Waals surface area contributed by atoms with Crippen LogP contribution in [0.3, 0.4) is 0 Å². The number of ether oxygens (including phenoxy) is 1. The van der Waals surface area contributed by atoms with Crippen LogP contribution in [-0.2, 0) is 6.42 Å². The zero-order chi connectivity index (χ0) is 14.8. The van der Waals surface area contributed by atoms with E-state index in [2.05, 4.69) is 53.0 Å². The molecule has 1 aliphatic heterocycles. The normalized spacial score (nSPS) is 14.4. The summed E-state index contributed by atoms with van der Waals surface area (Å²) in [5, 5.41) is 4.40. The molecular formula is C17H17ClINO. The van der Waals surface area contributed by atoms with E-state index in [1.807, 2.05) is 18.2 Å². The van der Waals surface area contributed by atoms with Gasteiger partial charge in [0, 0.05) is 20.7 Å². The summed E-state index contributed by atoms with van der Waals surface area (Å²) < 4.78 is 6.72. The van der Waals surface area contributed by atoms with Gasteiger partial charge in [-0.1, -0.05) is 24.6 Å². The number of rotatable bonds is 4. The smallest absolute Gasteiger partial charge is 0.122 e. The molecule has 21 heavy (non-hydrogen) atoms. The quantitative estimate of drug-likeness (QED) is 0.674. The van der Waals surface area contributed by atoms with Gasteiger partial charge >= 0.3 is 0 Å². The van der Waals surface area contributed by atoms with Crippen molar-refractivity contribution in [3.63, 3.8) is 0 Å². The minimum atomic E-state index is 0.297. The first-order valence-corrected chi connectivity index (χ1v) is 8.60. The lowest BCUT2D eigenvalue weighted by atomic mass is 10.0. The van der Waals surface area contributed by atoms with E-state index in [9.17, 15) is 0 Å². The number of anilines is 1. The molecule has 1 aliphatic rings. The minimum Gasteiger partial charge on any atom is -0.493 e. The number of hydrogen-bond acceptors (Lipinski definition) is 2. The molecule has 1 unspecified atom stereocenters. The Kier molecular flexibility index (Phi) is 4.60. The highest BCUT2D eigenvalue weighted by molar-refractivity contribution is 14.1. The summed E-state index contributed by atoms with van der Waals surface area (Å²) in [7, 11) is 0. The zero-order valence-corrected chi connectivity index (χ0v) is 14.7. The maximum atomic E-state index is 6.02. The largest absolute Gasteiger partial charge is 0.493 e. The van der Waals surface area contributed by atoms with Crippen LogP contribution in [0, 0.1) is 3.57 Å². The first-order chi connectivity index (χ1) is 10.2. The van der Waals surface area contributed by atoms with Crippen molar-refractivity contribution in [1.29, 1.82) is 0 Å². The van der Waals surface area contributed by atoms with Gasteiger partial charge in [-0.25, -0.2) is 0 Å². The van der Waals surface area contributed by atoms with Gasteiger partial charge in [-0.3, -0.25) is 0 Å². The Morgan fingerprint density at radius 2 is 2.14 bits per heavy atom. The van der Waals surface area contributed by atoms with Gasteiger partial charge in [0.05, 0.1) is 12.6 Å². The van der Waals surface area contributed by atoms with Crippen LogP contribution in [0.5, 0.6) is 5.75 Å². The van der Waals surface area contributed by atoms with Gasteiger partial charge in [0.1, 0.15) is 5.75 Å². The molecule has 4 heteroatoms. The molecule has 0 saturated carbocycles. The van der Waals surface area contributed by atoms with E-state index in [-0.39, 0.29) is 0 Å². The number of fused-ring (bicyclic) bond motifs is 1. The van der Waals surface area contributed by atoms with Gasteiger partial charge in [0.15, 0.2) is 0 Å². The molecule has 0 radical (unpaired) electrons. The highest BCUT2D eigenvalue weighted by Crippen LogP contribution is 2.32. The molecule has 0 bridgehead atoms. The van der Waals surface area contributed by atoms with E-state index in [4.69, 9.17) is 16.3 Å². The van der Waals surface area contributed by atoms with Crippen molar-refractivity contribution >= 4 is 39.9 Å². The fourth-order valence-electron chi connectivity index (χ4n) is 2.64. The standard InChI is InChI=1S/C17H17ClINO/c1-2-15(20-16-5-4-13(18)10-14(16)19)11-3-6-17-12(9-11)7-8-21-17/h3-6,9-10,15,20H,2,7-8H2,1H3. The molecule has 1 heterocycles. The summed E-state index contributed by atoms with van der Waals surface area (Å²) in [4.78, 5) is 0. The summed E-state index contributed by atoms with van der Waals surface area (Å²) >= 11 is 8.34. The SMILES string of the molecule is CCC(Nc1ccc(Cl)cc1I)c1ccc2c(c1)CCO2. The second-order valence-electron chi connectivity index (χ2n) is 5.19. The van der Waals surface area contributed by atoms with Crippen LogP contribution in [-0.4, -0.2) is 6.61 Å². The summed E-state index contributed by atoms with van der Waals surface area (Å²) in [6.45, 7) is 3.00. The molecule has 3 rings (SSSR count). The summed E-state index contributed by atoms with van der Waals surface area (Å²) in [6.07, 6.45) is 2.04. The number of benzene rings is 2. The zero-order valence-electron chi connectivity index (χ0n) is 11.8. The molecule has 2 aromatic rings. The molecular weight excluding hydrogens is 397 g/mol. The van der Waals surface area contributed by atoms with E-state index < -0.39 is 0 Å². The van der Waals surface area contributed by atoms with Crippen LogP contribution in [0.4, 0.5) is 5.69 Å². The highest BCUT2D eigenvalue weighted by Gasteiger charge is 2.16. The Morgan fingerprint density at radius 1 is 1.29 bits per heavy atom. The monoisotopic (exact) mass is 413 g/mol. The van der Waals surface area contributed by atoms with Crippen LogP contribution in [0.2, 0.25) is 5.02 Å². The van der Waals surface area contributed by atoms with Crippen molar-refractivity contribution < 1.29 is 4.74 Å². The highest BCUT2D eigenvalue weighted by atomic mass is 127. The molecule has 0 spiro atoms. The Balaban J connectivity index is 1.85. The van der Waals surface area contributed by atoms with E-state index in [0.717, 1.165) is 39.5 Å². The molecule has 1 atom stereocenters. The van der Waals surface area contributed by atoms with E-state index in [1.54, 1.807) is 0 Å². The molecule has 2 nitrogen and oxygen atoms in total. The van der Waals surface area contributed by atoms with E-state index in [1.165, 1.54) is 11.1 Å². The second kappa shape index (κ2) is 6.44. The molecule has 0 aliphatic carbocycles. The minimum absolute atomic E-state index is 0.297. The van der Waals surface area contributed by atoms with Gasteiger partial charge in [0.25, 0.3) is 0 Å². The lowest BCUT2D eigenvalue weighted by molar-refractivity contribution is 0.357. The Labute approximate surface area is 144 Å². The van der Waals surface area contributed by atoms with Gasteiger partial charge in [0.2, 0.25) is 0 Å². The van der Waals surface area contributed by atoms with Crippen molar-refractivity contribution in [1.82, 2.24) is 0 Å². The Hall–Kier alpha value is -0.940. The van der Waals surface area contributed by atoms with Crippen molar-refractivity contribution in [2.75, 3.05) is 11.9 Å². The number of halogens is 2. The van der Waals surface area contributed by atoms with Gasteiger partial charge < -0.3 is 10.1 Å². The lowest BCUT2D eigenvalue weighted by Crippen LogP contribution is -2.10. The predicted octanol–water partition coefficient (Wildman–Crippen LogP) is 5.44. The van der Waals surface area contributed by atoms with Crippen molar-refractivity contribution in [2.45, 2.75) is 25.8 Å². The molecule has 2 aromatic carbocycles. The van der Waals surface area contributed by atoms with Crippen LogP contribution < -0.4 is 10.1 Å². The predicted molar refractivity (Wildman–Crippen MR) is 96.5 cm³/mol. The molecule has 110 valence electrons. The molecule has 0 amide bonds. The second-order valence-corrected chi connectivity index (χ2v) is 6.79. The number of hydrogen-bond donors (Lipinski definition) is 1. The third-order valence-electron chi connectivity index (χ3n) is 3.78. The van der Waals surface area contributed by atoms with Crippen molar-refractivity contribution in [3.05, 3.63) is 56.1 Å². The van der Waals surface area contributed by atoms with Gasteiger partial charge in [-0.15, -0.1) is 0 Å². The molecule has 1 N–H and O–H groups in total. The summed E-state index contributed by atoms with van der Waals surface area (Å²) in [5.41, 5.74) is 3.76. The average molecular weight is 414 g/mol. The molecule has 0 aromatic heterocycles. The maximum Gasteiger partial charge on any atom is 0.122 e. The number of nitrogens with one attached hydrogen (secondary N) is 1. The Bertz CT molecular complexity index is 659. The third kappa shape index (κ3) is 3.29. The average Bonchev–Trinajstić information content (AvgIpc) is 2.94. The van der Waals surface area contributed by atoms with Crippen LogP contribution in [0.1, 0.15) is 30.5 Å². The third-order valence-corrected chi connectivity index (χ3v) is 4.91. The topological polar surface area (TPSA) is 21.3 Å². The van der Waals surface area contributed by atoms with E-state index >= 15 is 0 Å². The molecule has 0 fully saturated rings. The fourth-order valence-corrected chi connectivity index (χ4v) is 3.67. The fraction of sp³-hybridized carbons (Fsp3) is 0.294. The first-order valence-electron chi connectivity index (χ1n) is 7.14. The summed E-state index contributed by atoms with van der Waals surface area (Å²) in [5.74, 6) is 1.04. The van der Waals surface area contributed by atoms with Crippen molar-refractivity contribution in [2.24, 2.45) is 0 Å². The molecule has 0 saturated heterocycles. The maximum absolute atomic E-state index is 6.02. The van der Waals surface area contributed by atoms with Crippen LogP contribution in [0.15, 0.2) is 36.4 Å². The van der Waals surface area contributed by atoms with Gasteiger partial charge in [-0.2, -0.15) is 0 Å². The van der Waals surface area contributed by atoms with Crippen molar-refractivity contribution in [3.8, 4) is 5.75 Å². The summed E-state index contributed by atoms with van der Waals surface area (Å²) in [6, 6.07) is 12.8. The van der Waals surface area contributed by atoms with Crippen LogP contribution in [0.25, 0.3) is 0 Å². The first kappa shape index (κ1) is 15.0. The Morgan fingerprint density at radius 3 is 2.90 bits per heavy atom. The van der Waals surface area contributed by atoms with Crippen LogP contribution >= 0.6 is 34.2 Å². The van der Waals surface area contributed by atoms with E-state index in [0.29, 0.717) is 6.04 Å². The lowest BCUT2D eigenvalue weighted by Gasteiger charge is -2.20. The van der Waals surface area contributed by atoms with Gasteiger partial charge in [-0.05, 0) is 70.5 Å².